The Morgan fingerprint density at radius 2 is 1.79 bits per heavy atom. The van der Waals surface area contributed by atoms with E-state index in [1.165, 1.54) is 9.80 Å². The van der Waals surface area contributed by atoms with Gasteiger partial charge in [0.05, 0.1) is 0 Å². The number of carbonyl (C=O) groups is 3. The van der Waals surface area contributed by atoms with Crippen molar-refractivity contribution in [3.63, 3.8) is 0 Å². The van der Waals surface area contributed by atoms with Crippen LogP contribution in [0.3, 0.4) is 0 Å². The van der Waals surface area contributed by atoms with Crippen molar-refractivity contribution in [3.05, 3.63) is 35.9 Å². The Balaban J connectivity index is 1.75. The van der Waals surface area contributed by atoms with Crippen LogP contribution in [0.2, 0.25) is 0 Å². The van der Waals surface area contributed by atoms with E-state index >= 15 is 0 Å². The molecule has 33 heavy (non-hydrogen) atoms. The fourth-order valence-corrected chi connectivity index (χ4v) is 4.92. The summed E-state index contributed by atoms with van der Waals surface area (Å²) in [6.07, 6.45) is 3.26. The van der Waals surface area contributed by atoms with E-state index < -0.39 is 23.9 Å². The van der Waals surface area contributed by atoms with Gasteiger partial charge in [-0.3, -0.25) is 14.6 Å². The van der Waals surface area contributed by atoms with Crippen LogP contribution in [-0.2, 0) is 16.1 Å². The third-order valence-corrected chi connectivity index (χ3v) is 6.34. The summed E-state index contributed by atoms with van der Waals surface area (Å²) in [6.45, 7) is 7.96. The second-order valence-electron chi connectivity index (χ2n) is 10.1. The van der Waals surface area contributed by atoms with Crippen LogP contribution in [0.15, 0.2) is 35.3 Å². The molecule has 1 aliphatic carbocycles. The van der Waals surface area contributed by atoms with E-state index in [4.69, 9.17) is 9.73 Å². The molecule has 0 radical (unpaired) electrons. The SMILES string of the molecule is CCCN1C(=O)C2C(N=C(C3CCCC3)N2C(=O)OC(C)(C)C)N(Cc2ccccc2)C1=O. The molecule has 1 saturated heterocycles. The first-order chi connectivity index (χ1) is 15.7. The number of urea groups is 1. The molecule has 0 aromatic heterocycles. The summed E-state index contributed by atoms with van der Waals surface area (Å²) in [6, 6.07) is 8.41. The molecular weight excluding hydrogens is 420 g/mol. The highest BCUT2D eigenvalue weighted by Crippen LogP contribution is 2.37. The Morgan fingerprint density at radius 1 is 1.12 bits per heavy atom. The Morgan fingerprint density at radius 3 is 2.39 bits per heavy atom. The minimum atomic E-state index is -0.900. The molecule has 0 bridgehead atoms. The van der Waals surface area contributed by atoms with Crippen molar-refractivity contribution < 1.29 is 19.1 Å². The lowest BCUT2D eigenvalue weighted by Gasteiger charge is -2.42. The Kier molecular flexibility index (Phi) is 6.45. The number of amides is 4. The molecule has 2 unspecified atom stereocenters. The molecule has 1 aromatic carbocycles. The standard InChI is InChI=1S/C25H34N4O4/c1-5-15-27-22(30)19-21(28(23(27)31)16-17-11-7-6-8-12-17)26-20(18-13-9-10-14-18)29(19)24(32)33-25(2,3)4/h6-8,11-12,18-19,21H,5,9-10,13-16H2,1-4H3. The van der Waals surface area contributed by atoms with Crippen molar-refractivity contribution >= 4 is 23.9 Å². The predicted octanol–water partition coefficient (Wildman–Crippen LogP) is 4.39. The fraction of sp³-hybridized carbons (Fsp3) is 0.600. The second-order valence-corrected chi connectivity index (χ2v) is 10.1. The topological polar surface area (TPSA) is 82.5 Å². The van der Waals surface area contributed by atoms with Gasteiger partial charge in [-0.1, -0.05) is 50.1 Å². The smallest absolute Gasteiger partial charge is 0.416 e. The molecule has 2 fully saturated rings. The van der Waals surface area contributed by atoms with Gasteiger partial charge in [-0.05, 0) is 45.6 Å². The first-order valence-corrected chi connectivity index (χ1v) is 12.0. The summed E-state index contributed by atoms with van der Waals surface area (Å²) in [5, 5.41) is 0. The minimum absolute atomic E-state index is 0.0872. The number of aliphatic imine (C=N–C) groups is 1. The van der Waals surface area contributed by atoms with Crippen LogP contribution >= 0.6 is 0 Å². The second kappa shape index (κ2) is 9.15. The lowest BCUT2D eigenvalue weighted by atomic mass is 10.0. The van der Waals surface area contributed by atoms with Gasteiger partial charge >= 0.3 is 12.1 Å². The molecule has 1 saturated carbocycles. The third kappa shape index (κ3) is 4.61. The first kappa shape index (κ1) is 23.3. The molecule has 1 aromatic rings. The Labute approximate surface area is 195 Å². The summed E-state index contributed by atoms with van der Waals surface area (Å²) in [4.78, 5) is 49.7. The average molecular weight is 455 g/mol. The number of nitrogens with zero attached hydrogens (tertiary/aromatic N) is 4. The largest absolute Gasteiger partial charge is 0.443 e. The zero-order valence-electron chi connectivity index (χ0n) is 20.0. The Bertz CT molecular complexity index is 933. The lowest BCUT2D eigenvalue weighted by Crippen LogP contribution is -2.66. The number of carbonyl (C=O) groups excluding carboxylic acids is 3. The molecule has 8 heteroatoms. The van der Waals surface area contributed by atoms with E-state index in [1.807, 2.05) is 58.0 Å². The number of benzene rings is 1. The minimum Gasteiger partial charge on any atom is -0.443 e. The molecule has 0 N–H and O–H groups in total. The van der Waals surface area contributed by atoms with Gasteiger partial charge in [-0.2, -0.15) is 0 Å². The normalized spacial score (nSPS) is 23.8. The Hall–Kier alpha value is -2.90. The van der Waals surface area contributed by atoms with Gasteiger partial charge in [0.1, 0.15) is 11.4 Å². The number of hydrogen-bond donors (Lipinski definition) is 0. The lowest BCUT2D eigenvalue weighted by molar-refractivity contribution is -0.138. The van der Waals surface area contributed by atoms with Gasteiger partial charge in [0, 0.05) is 19.0 Å². The van der Waals surface area contributed by atoms with Gasteiger partial charge in [-0.15, -0.1) is 0 Å². The van der Waals surface area contributed by atoms with Crippen LogP contribution in [-0.4, -0.2) is 62.9 Å². The summed E-state index contributed by atoms with van der Waals surface area (Å²) >= 11 is 0. The molecule has 8 nitrogen and oxygen atoms in total. The van der Waals surface area contributed by atoms with Crippen LogP contribution in [0.4, 0.5) is 9.59 Å². The number of fused-ring (bicyclic) bond motifs is 1. The summed E-state index contributed by atoms with van der Waals surface area (Å²) in [5.41, 5.74) is 0.236. The van der Waals surface area contributed by atoms with E-state index in [0.29, 0.717) is 25.3 Å². The zero-order chi connectivity index (χ0) is 23.8. The molecule has 2 aliphatic heterocycles. The van der Waals surface area contributed by atoms with Crippen molar-refractivity contribution in [2.75, 3.05) is 6.54 Å². The predicted molar refractivity (Wildman–Crippen MR) is 124 cm³/mol. The summed E-state index contributed by atoms with van der Waals surface area (Å²) < 4.78 is 5.72. The molecule has 0 spiro atoms. The number of hydrogen-bond acceptors (Lipinski definition) is 5. The molecule has 4 amide bonds. The molecule has 2 atom stereocenters. The highest BCUT2D eigenvalue weighted by molar-refractivity contribution is 6.09. The highest BCUT2D eigenvalue weighted by Gasteiger charge is 2.56. The van der Waals surface area contributed by atoms with Crippen LogP contribution in [0, 0.1) is 5.92 Å². The molecule has 178 valence electrons. The zero-order valence-corrected chi connectivity index (χ0v) is 20.0. The third-order valence-electron chi connectivity index (χ3n) is 6.34. The summed E-state index contributed by atoms with van der Waals surface area (Å²) in [7, 11) is 0. The van der Waals surface area contributed by atoms with E-state index in [9.17, 15) is 14.4 Å². The van der Waals surface area contributed by atoms with Gasteiger partial charge in [0.25, 0.3) is 5.91 Å². The maximum atomic E-state index is 13.6. The summed E-state index contributed by atoms with van der Waals surface area (Å²) in [5.74, 6) is 0.303. The molecular formula is C25H34N4O4. The van der Waals surface area contributed by atoms with Crippen molar-refractivity contribution in [1.29, 1.82) is 0 Å². The van der Waals surface area contributed by atoms with Gasteiger partial charge in [-0.25, -0.2) is 19.5 Å². The van der Waals surface area contributed by atoms with Crippen LogP contribution in [0.1, 0.15) is 65.4 Å². The van der Waals surface area contributed by atoms with E-state index in [0.717, 1.165) is 31.2 Å². The van der Waals surface area contributed by atoms with Crippen molar-refractivity contribution in [2.45, 2.75) is 84.2 Å². The number of ether oxygens (including phenoxy) is 1. The van der Waals surface area contributed by atoms with Gasteiger partial charge in [0.15, 0.2) is 12.2 Å². The number of rotatable bonds is 5. The van der Waals surface area contributed by atoms with Crippen molar-refractivity contribution in [1.82, 2.24) is 14.7 Å². The van der Waals surface area contributed by atoms with Crippen LogP contribution in [0.5, 0.6) is 0 Å². The quantitative estimate of drug-likeness (QED) is 0.660. The fourth-order valence-electron chi connectivity index (χ4n) is 4.92. The molecule has 4 rings (SSSR count). The number of imide groups is 1. The molecule has 3 aliphatic rings. The van der Waals surface area contributed by atoms with Crippen LogP contribution < -0.4 is 0 Å². The maximum absolute atomic E-state index is 13.6. The highest BCUT2D eigenvalue weighted by atomic mass is 16.6. The van der Waals surface area contributed by atoms with Gasteiger partial charge in [0.2, 0.25) is 0 Å². The monoisotopic (exact) mass is 454 g/mol. The van der Waals surface area contributed by atoms with E-state index in [1.54, 1.807) is 4.90 Å². The van der Waals surface area contributed by atoms with Crippen molar-refractivity contribution in [3.8, 4) is 0 Å². The first-order valence-electron chi connectivity index (χ1n) is 12.0. The van der Waals surface area contributed by atoms with Gasteiger partial charge < -0.3 is 4.74 Å². The average Bonchev–Trinajstić information content (AvgIpc) is 3.41. The molecule has 2 heterocycles. The van der Waals surface area contributed by atoms with Crippen molar-refractivity contribution in [2.24, 2.45) is 10.9 Å². The maximum Gasteiger partial charge on any atom is 0.416 e. The van der Waals surface area contributed by atoms with E-state index in [-0.39, 0.29) is 17.9 Å². The number of amidine groups is 1. The van der Waals surface area contributed by atoms with E-state index in [2.05, 4.69) is 0 Å². The van der Waals surface area contributed by atoms with Crippen LogP contribution in [0.25, 0.3) is 0 Å².